The molecule has 1 unspecified atom stereocenters. The minimum Gasteiger partial charge on any atom is -0.497 e. The molecular formula is C32H33N3O7S. The van der Waals surface area contributed by atoms with Crippen LogP contribution >= 0.6 is 12.2 Å². The molecule has 0 bridgehead atoms. The average Bonchev–Trinajstić information content (AvgIpc) is 3.24. The van der Waals surface area contributed by atoms with Gasteiger partial charge in [-0.15, -0.1) is 0 Å². The van der Waals surface area contributed by atoms with Crippen molar-refractivity contribution in [3.63, 3.8) is 0 Å². The number of nitrogens with one attached hydrogen (secondary N) is 1. The Morgan fingerprint density at radius 3 is 1.93 bits per heavy atom. The average molecular weight is 604 g/mol. The topological polar surface area (TPSA) is 114 Å². The zero-order valence-corrected chi connectivity index (χ0v) is 25.0. The van der Waals surface area contributed by atoms with Crippen LogP contribution in [-0.2, 0) is 25.5 Å². The number of hydrogen-bond donors (Lipinski definition) is 1. The van der Waals surface area contributed by atoms with Gasteiger partial charge >= 0.3 is 11.9 Å². The van der Waals surface area contributed by atoms with E-state index in [1.54, 1.807) is 74.4 Å². The number of esters is 2. The highest BCUT2D eigenvalue weighted by Crippen LogP contribution is 2.28. The molecule has 2 amide bonds. The van der Waals surface area contributed by atoms with Crippen LogP contribution in [0.4, 0.5) is 11.4 Å². The third kappa shape index (κ3) is 7.55. The normalized spacial score (nSPS) is 14.4. The lowest BCUT2D eigenvalue weighted by Crippen LogP contribution is -2.39. The van der Waals surface area contributed by atoms with Gasteiger partial charge in [0.15, 0.2) is 5.11 Å². The van der Waals surface area contributed by atoms with Crippen molar-refractivity contribution in [2.75, 3.05) is 37.1 Å². The zero-order chi connectivity index (χ0) is 30.9. The summed E-state index contributed by atoms with van der Waals surface area (Å²) in [6.45, 7) is 4.35. The smallest absolute Gasteiger partial charge is 0.338 e. The number of amides is 2. The number of methoxy groups -OCH3 is 1. The largest absolute Gasteiger partial charge is 0.497 e. The van der Waals surface area contributed by atoms with E-state index in [-0.39, 0.29) is 36.6 Å². The first-order valence-corrected chi connectivity index (χ1v) is 14.3. The fraction of sp³-hybridized carbons (Fsp3) is 0.281. The summed E-state index contributed by atoms with van der Waals surface area (Å²) >= 11 is 5.77. The van der Waals surface area contributed by atoms with Gasteiger partial charge < -0.3 is 24.4 Å². The summed E-state index contributed by atoms with van der Waals surface area (Å²) < 4.78 is 15.3. The number of benzene rings is 3. The summed E-state index contributed by atoms with van der Waals surface area (Å²) in [6, 6.07) is 19.5. The van der Waals surface area contributed by atoms with Gasteiger partial charge in [-0.25, -0.2) is 9.59 Å². The van der Waals surface area contributed by atoms with Gasteiger partial charge in [-0.3, -0.25) is 14.5 Å². The van der Waals surface area contributed by atoms with E-state index in [0.717, 1.165) is 11.3 Å². The predicted octanol–water partition coefficient (Wildman–Crippen LogP) is 4.62. The van der Waals surface area contributed by atoms with Crippen molar-refractivity contribution in [3.05, 3.63) is 89.5 Å². The Bertz CT molecular complexity index is 1470. The van der Waals surface area contributed by atoms with E-state index < -0.39 is 18.0 Å². The number of carbonyl (C=O) groups excluding carboxylic acids is 4. The van der Waals surface area contributed by atoms with E-state index in [2.05, 4.69) is 5.32 Å². The molecule has 0 aromatic heterocycles. The third-order valence-electron chi connectivity index (χ3n) is 6.81. The van der Waals surface area contributed by atoms with Crippen LogP contribution < -0.4 is 15.0 Å². The lowest BCUT2D eigenvalue weighted by Gasteiger charge is -2.24. The maximum Gasteiger partial charge on any atom is 0.338 e. The van der Waals surface area contributed by atoms with Crippen molar-refractivity contribution in [2.45, 2.75) is 32.7 Å². The molecule has 224 valence electrons. The monoisotopic (exact) mass is 603 g/mol. The molecule has 1 saturated heterocycles. The Hall–Kier alpha value is -4.77. The minimum atomic E-state index is -0.853. The number of hydrogen-bond acceptors (Lipinski definition) is 8. The first kappa shape index (κ1) is 31.2. The van der Waals surface area contributed by atoms with Crippen molar-refractivity contribution in [1.29, 1.82) is 0 Å². The number of rotatable bonds is 12. The van der Waals surface area contributed by atoms with Gasteiger partial charge in [0.1, 0.15) is 11.8 Å². The maximum atomic E-state index is 13.8. The first-order chi connectivity index (χ1) is 20.7. The fourth-order valence-corrected chi connectivity index (χ4v) is 5.03. The lowest BCUT2D eigenvalue weighted by atomic mass is 10.1. The standard InChI is InChI=1S/C32H33N3O7S/c1-4-41-30(38)22-8-12-24(13-9-22)33-28(36)20-27-29(37)35(25-14-10-23(11-15-25)31(39)42-5-2)32(43)34(27)19-18-21-6-16-26(40-3)17-7-21/h6-17,27H,4-5,18-20H2,1-3H3,(H,33,36). The van der Waals surface area contributed by atoms with Crippen LogP contribution in [0.2, 0.25) is 0 Å². The quantitative estimate of drug-likeness (QED) is 0.234. The highest BCUT2D eigenvalue weighted by Gasteiger charge is 2.44. The zero-order valence-electron chi connectivity index (χ0n) is 24.2. The Kier molecular flexibility index (Phi) is 10.4. The maximum absolute atomic E-state index is 13.8. The summed E-state index contributed by atoms with van der Waals surface area (Å²) in [7, 11) is 1.60. The van der Waals surface area contributed by atoms with Crippen molar-refractivity contribution < 1.29 is 33.4 Å². The second-order valence-corrected chi connectivity index (χ2v) is 9.95. The van der Waals surface area contributed by atoms with Crippen molar-refractivity contribution in [1.82, 2.24) is 4.90 Å². The van der Waals surface area contributed by atoms with Gasteiger partial charge in [0, 0.05) is 12.2 Å². The summed E-state index contributed by atoms with van der Waals surface area (Å²) in [4.78, 5) is 54.1. The molecule has 1 aliphatic rings. The Morgan fingerprint density at radius 2 is 1.40 bits per heavy atom. The Morgan fingerprint density at radius 1 is 0.837 bits per heavy atom. The van der Waals surface area contributed by atoms with Crippen LogP contribution in [0.25, 0.3) is 0 Å². The van der Waals surface area contributed by atoms with Gasteiger partial charge in [-0.1, -0.05) is 12.1 Å². The molecule has 10 nitrogen and oxygen atoms in total. The molecule has 43 heavy (non-hydrogen) atoms. The molecule has 4 rings (SSSR count). The third-order valence-corrected chi connectivity index (χ3v) is 7.23. The van der Waals surface area contributed by atoms with Crippen LogP contribution in [-0.4, -0.2) is 66.7 Å². The van der Waals surface area contributed by atoms with Gasteiger partial charge in [-0.05, 0) is 98.7 Å². The molecule has 3 aromatic rings. The van der Waals surface area contributed by atoms with Gasteiger partial charge in [0.2, 0.25) is 5.91 Å². The second kappa shape index (κ2) is 14.4. The number of ether oxygens (including phenoxy) is 3. The van der Waals surface area contributed by atoms with E-state index in [1.165, 1.54) is 4.90 Å². The van der Waals surface area contributed by atoms with E-state index in [0.29, 0.717) is 35.5 Å². The molecule has 1 N–H and O–H groups in total. The van der Waals surface area contributed by atoms with Crippen molar-refractivity contribution in [3.8, 4) is 5.75 Å². The van der Waals surface area contributed by atoms with E-state index in [9.17, 15) is 19.2 Å². The molecule has 0 radical (unpaired) electrons. The summed E-state index contributed by atoms with van der Waals surface area (Å²) in [5, 5.41) is 3.06. The highest BCUT2D eigenvalue weighted by atomic mass is 32.1. The summed E-state index contributed by atoms with van der Waals surface area (Å²) in [5.41, 5.74) is 2.69. The lowest BCUT2D eigenvalue weighted by molar-refractivity contribution is -0.124. The number of anilines is 2. The molecule has 1 heterocycles. The number of nitrogens with zero attached hydrogens (tertiary/aromatic N) is 2. The minimum absolute atomic E-state index is 0.154. The molecule has 0 aliphatic carbocycles. The van der Waals surface area contributed by atoms with Crippen LogP contribution in [0.5, 0.6) is 5.75 Å². The van der Waals surface area contributed by atoms with Crippen LogP contribution in [0, 0.1) is 0 Å². The first-order valence-electron chi connectivity index (χ1n) is 13.9. The molecule has 1 atom stereocenters. The molecule has 0 saturated carbocycles. The van der Waals surface area contributed by atoms with Gasteiger partial charge in [-0.2, -0.15) is 0 Å². The van der Waals surface area contributed by atoms with Crippen LogP contribution in [0.15, 0.2) is 72.8 Å². The molecule has 0 spiro atoms. The molecule has 1 fully saturated rings. The molecule has 1 aliphatic heterocycles. The fourth-order valence-electron chi connectivity index (χ4n) is 4.62. The predicted molar refractivity (Wildman–Crippen MR) is 165 cm³/mol. The van der Waals surface area contributed by atoms with Gasteiger partial charge in [0.05, 0.1) is 43.6 Å². The highest BCUT2D eigenvalue weighted by molar-refractivity contribution is 7.80. The Balaban J connectivity index is 1.52. The summed E-state index contributed by atoms with van der Waals surface area (Å²) in [5.74, 6) is -0.919. The number of carbonyl (C=O) groups is 4. The SMILES string of the molecule is CCOC(=O)c1ccc(NC(=O)CC2C(=O)N(c3ccc(C(=O)OCC)cc3)C(=S)N2CCc2ccc(OC)cc2)cc1. The molecular weight excluding hydrogens is 570 g/mol. The molecule has 3 aromatic carbocycles. The van der Waals surface area contributed by atoms with Gasteiger partial charge in [0.25, 0.3) is 5.91 Å². The van der Waals surface area contributed by atoms with Crippen molar-refractivity contribution >= 4 is 52.5 Å². The van der Waals surface area contributed by atoms with Crippen molar-refractivity contribution in [2.24, 2.45) is 0 Å². The Labute approximate surface area is 255 Å². The van der Waals surface area contributed by atoms with E-state index in [4.69, 9.17) is 26.4 Å². The number of thiocarbonyl (C=S) groups is 1. The van der Waals surface area contributed by atoms with E-state index in [1.807, 2.05) is 24.3 Å². The van der Waals surface area contributed by atoms with Crippen LogP contribution in [0.3, 0.4) is 0 Å². The summed E-state index contributed by atoms with van der Waals surface area (Å²) in [6.07, 6.45) is 0.416. The van der Waals surface area contributed by atoms with E-state index >= 15 is 0 Å². The molecule has 11 heteroatoms. The van der Waals surface area contributed by atoms with Crippen LogP contribution in [0.1, 0.15) is 46.5 Å². The second-order valence-electron chi connectivity index (χ2n) is 9.58.